The molecule has 0 unspecified atom stereocenters. The van der Waals surface area contributed by atoms with Gasteiger partial charge in [-0.1, -0.05) is 30.3 Å². The second-order valence-corrected chi connectivity index (χ2v) is 5.46. The van der Waals surface area contributed by atoms with Crippen molar-refractivity contribution in [1.29, 1.82) is 0 Å². The van der Waals surface area contributed by atoms with Crippen molar-refractivity contribution in [3.8, 4) is 0 Å². The number of carbonyl (C=O) groups excluding carboxylic acids is 1. The molecule has 0 aromatic heterocycles. The summed E-state index contributed by atoms with van der Waals surface area (Å²) in [6, 6.07) is 8.04. The minimum atomic E-state index is -0.967. The van der Waals surface area contributed by atoms with Gasteiger partial charge in [-0.25, -0.2) is 4.79 Å². The van der Waals surface area contributed by atoms with E-state index in [0.717, 1.165) is 5.56 Å². The minimum absolute atomic E-state index is 0.291. The normalized spacial score (nSPS) is 20.3. The maximum atomic E-state index is 12.2. The Morgan fingerprint density at radius 3 is 2.74 bits per heavy atom. The molecule has 3 N–H and O–H groups in total. The van der Waals surface area contributed by atoms with Crippen LogP contribution < -0.4 is 5.73 Å². The van der Waals surface area contributed by atoms with E-state index in [1.54, 1.807) is 0 Å². The van der Waals surface area contributed by atoms with Gasteiger partial charge < -0.3 is 15.7 Å². The molecule has 102 valence electrons. The van der Waals surface area contributed by atoms with Crippen molar-refractivity contribution in [3.05, 3.63) is 35.9 Å². The summed E-state index contributed by atoms with van der Waals surface area (Å²) in [6.45, 7) is 0. The Bertz CT molecular complexity index is 466. The minimum Gasteiger partial charge on any atom is -0.480 e. The first-order chi connectivity index (χ1) is 9.09. The first-order valence-corrected chi connectivity index (χ1v) is 7.15. The third kappa shape index (κ3) is 3.27. The van der Waals surface area contributed by atoms with E-state index in [2.05, 4.69) is 0 Å². The molecule has 6 heteroatoms. The van der Waals surface area contributed by atoms with Crippen molar-refractivity contribution >= 4 is 23.6 Å². The SMILES string of the molecule is N[C@H](Cc1ccccc1)C(=O)N1CSC[C@H]1C(=O)O. The van der Waals surface area contributed by atoms with Crippen LogP contribution in [0.4, 0.5) is 0 Å². The molecule has 2 rings (SSSR count). The molecule has 0 saturated carbocycles. The van der Waals surface area contributed by atoms with Gasteiger partial charge in [-0.3, -0.25) is 4.79 Å². The van der Waals surface area contributed by atoms with Crippen molar-refractivity contribution < 1.29 is 14.7 Å². The predicted octanol–water partition coefficient (Wildman–Crippen LogP) is 0.543. The topological polar surface area (TPSA) is 83.6 Å². The second-order valence-electron chi connectivity index (χ2n) is 4.46. The van der Waals surface area contributed by atoms with Crippen molar-refractivity contribution in [2.45, 2.75) is 18.5 Å². The molecule has 1 aromatic carbocycles. The van der Waals surface area contributed by atoms with Crippen LogP contribution in [0.5, 0.6) is 0 Å². The average molecular weight is 280 g/mol. The Morgan fingerprint density at radius 1 is 1.42 bits per heavy atom. The zero-order chi connectivity index (χ0) is 13.8. The van der Waals surface area contributed by atoms with E-state index in [1.165, 1.54) is 16.7 Å². The summed E-state index contributed by atoms with van der Waals surface area (Å²) >= 11 is 1.44. The summed E-state index contributed by atoms with van der Waals surface area (Å²) in [4.78, 5) is 24.6. The number of carboxylic acids is 1. The summed E-state index contributed by atoms with van der Waals surface area (Å²) in [5.74, 6) is -0.427. The number of aliphatic carboxylic acids is 1. The van der Waals surface area contributed by atoms with Gasteiger partial charge in [0.2, 0.25) is 5.91 Å². The smallest absolute Gasteiger partial charge is 0.327 e. The van der Waals surface area contributed by atoms with Gasteiger partial charge in [0.25, 0.3) is 0 Å². The first-order valence-electron chi connectivity index (χ1n) is 6.00. The number of hydrogen-bond donors (Lipinski definition) is 2. The molecule has 0 aliphatic carbocycles. The molecule has 1 aliphatic heterocycles. The maximum absolute atomic E-state index is 12.2. The van der Waals surface area contributed by atoms with Crippen LogP contribution in [0, 0.1) is 0 Å². The third-order valence-corrected chi connectivity index (χ3v) is 4.08. The monoisotopic (exact) mass is 280 g/mol. The fourth-order valence-electron chi connectivity index (χ4n) is 2.03. The molecule has 2 atom stereocenters. The molecule has 0 radical (unpaired) electrons. The Hall–Kier alpha value is -1.53. The largest absolute Gasteiger partial charge is 0.480 e. The molecule has 19 heavy (non-hydrogen) atoms. The van der Waals surface area contributed by atoms with Crippen molar-refractivity contribution in [1.82, 2.24) is 4.90 Å². The fourth-order valence-corrected chi connectivity index (χ4v) is 3.19. The van der Waals surface area contributed by atoms with E-state index in [1.807, 2.05) is 30.3 Å². The summed E-state index contributed by atoms with van der Waals surface area (Å²) in [5.41, 5.74) is 6.87. The highest BCUT2D eigenvalue weighted by Crippen LogP contribution is 2.22. The number of hydrogen-bond acceptors (Lipinski definition) is 4. The Kier molecular flexibility index (Phi) is 4.44. The van der Waals surface area contributed by atoms with Crippen LogP contribution >= 0.6 is 11.8 Å². The van der Waals surface area contributed by atoms with Gasteiger partial charge >= 0.3 is 5.97 Å². The molecule has 0 spiro atoms. The Labute approximate surface area is 115 Å². The number of benzene rings is 1. The number of nitrogens with zero attached hydrogens (tertiary/aromatic N) is 1. The standard InChI is InChI=1S/C13H16N2O3S/c14-10(6-9-4-2-1-3-5-9)12(16)15-8-19-7-11(15)13(17)18/h1-5,10-11H,6-8,14H2,(H,17,18)/t10-,11+/m1/s1. The number of amides is 1. The lowest BCUT2D eigenvalue weighted by atomic mass is 10.1. The number of nitrogens with two attached hydrogens (primary N) is 1. The predicted molar refractivity (Wildman–Crippen MR) is 73.7 cm³/mol. The Morgan fingerprint density at radius 2 is 2.11 bits per heavy atom. The van der Waals surface area contributed by atoms with Crippen molar-refractivity contribution in [3.63, 3.8) is 0 Å². The second kappa shape index (κ2) is 6.08. The van der Waals surface area contributed by atoms with Crippen LogP contribution in [0.15, 0.2) is 30.3 Å². The maximum Gasteiger partial charge on any atom is 0.327 e. The number of rotatable bonds is 4. The van der Waals surface area contributed by atoms with Crippen molar-refractivity contribution in [2.24, 2.45) is 5.73 Å². The van der Waals surface area contributed by atoms with Gasteiger partial charge in [-0.2, -0.15) is 0 Å². The molecule has 0 bridgehead atoms. The summed E-state index contributed by atoms with van der Waals surface area (Å²) < 4.78 is 0. The Balaban J connectivity index is 2.01. The van der Waals surface area contributed by atoms with E-state index in [-0.39, 0.29) is 5.91 Å². The third-order valence-electron chi connectivity index (χ3n) is 3.07. The van der Waals surface area contributed by atoms with Crippen LogP contribution in [0.25, 0.3) is 0 Å². The molecule has 1 saturated heterocycles. The van der Waals surface area contributed by atoms with Crippen LogP contribution in [-0.4, -0.2) is 45.6 Å². The van der Waals surface area contributed by atoms with Crippen LogP contribution in [0.1, 0.15) is 5.56 Å². The van der Waals surface area contributed by atoms with Gasteiger partial charge in [-0.05, 0) is 12.0 Å². The summed E-state index contributed by atoms with van der Waals surface area (Å²) in [7, 11) is 0. The fraction of sp³-hybridized carbons (Fsp3) is 0.385. The van der Waals surface area contributed by atoms with Crippen LogP contribution in [0.3, 0.4) is 0 Å². The summed E-state index contributed by atoms with van der Waals surface area (Å²) in [5, 5.41) is 9.06. The summed E-state index contributed by atoms with van der Waals surface area (Å²) in [6.07, 6.45) is 0.424. The highest BCUT2D eigenvalue weighted by molar-refractivity contribution is 7.99. The van der Waals surface area contributed by atoms with Gasteiger partial charge in [0, 0.05) is 5.75 Å². The van der Waals surface area contributed by atoms with E-state index >= 15 is 0 Å². The van der Waals surface area contributed by atoms with Crippen LogP contribution in [0.2, 0.25) is 0 Å². The highest BCUT2D eigenvalue weighted by Gasteiger charge is 2.36. The number of carboxylic acid groups (broad SMARTS) is 1. The van der Waals surface area contributed by atoms with Crippen LogP contribution in [-0.2, 0) is 16.0 Å². The van der Waals surface area contributed by atoms with E-state index in [0.29, 0.717) is 18.1 Å². The molecule has 1 fully saturated rings. The number of thioether (sulfide) groups is 1. The van der Waals surface area contributed by atoms with Gasteiger partial charge in [0.1, 0.15) is 6.04 Å². The average Bonchev–Trinajstić information content (AvgIpc) is 2.88. The van der Waals surface area contributed by atoms with Gasteiger partial charge in [0.15, 0.2) is 0 Å². The van der Waals surface area contributed by atoms with E-state index in [9.17, 15) is 9.59 Å². The molecule has 1 heterocycles. The van der Waals surface area contributed by atoms with E-state index in [4.69, 9.17) is 10.8 Å². The molecule has 1 aliphatic rings. The zero-order valence-electron chi connectivity index (χ0n) is 10.4. The lowest BCUT2D eigenvalue weighted by Crippen LogP contribution is -2.49. The zero-order valence-corrected chi connectivity index (χ0v) is 11.2. The molecule has 5 nitrogen and oxygen atoms in total. The van der Waals surface area contributed by atoms with Gasteiger partial charge in [0.05, 0.1) is 11.9 Å². The molecular formula is C13H16N2O3S. The highest BCUT2D eigenvalue weighted by atomic mass is 32.2. The molecule has 1 amide bonds. The number of carbonyl (C=O) groups is 2. The quantitative estimate of drug-likeness (QED) is 0.841. The lowest BCUT2D eigenvalue weighted by molar-refractivity contribution is -0.148. The van der Waals surface area contributed by atoms with Crippen molar-refractivity contribution in [2.75, 3.05) is 11.6 Å². The first kappa shape index (κ1) is 13.9. The molecule has 1 aromatic rings. The molecular weight excluding hydrogens is 264 g/mol. The lowest BCUT2D eigenvalue weighted by Gasteiger charge is -2.24. The van der Waals surface area contributed by atoms with Gasteiger partial charge in [-0.15, -0.1) is 11.8 Å². The van der Waals surface area contributed by atoms with E-state index < -0.39 is 18.1 Å².